The molecule has 0 aliphatic heterocycles. The van der Waals surface area contributed by atoms with Crippen molar-refractivity contribution < 1.29 is 14.3 Å². The predicted molar refractivity (Wildman–Crippen MR) is 56.6 cm³/mol. The summed E-state index contributed by atoms with van der Waals surface area (Å²) in [6.45, 7) is 0. The van der Waals surface area contributed by atoms with Gasteiger partial charge in [-0.3, -0.25) is 0 Å². The van der Waals surface area contributed by atoms with Crippen molar-refractivity contribution in [2.75, 3.05) is 14.2 Å². The zero-order valence-corrected chi connectivity index (χ0v) is 9.01. The third-order valence-corrected chi connectivity index (χ3v) is 1.99. The number of rotatable bonds is 4. The Bertz CT molecular complexity index is 454. The van der Waals surface area contributed by atoms with Crippen LogP contribution in [0.5, 0.6) is 17.2 Å². The summed E-state index contributed by atoms with van der Waals surface area (Å²) >= 11 is 0. The lowest BCUT2D eigenvalue weighted by molar-refractivity contribution is 0.170. The Balaban J connectivity index is 2.30. The fourth-order valence-corrected chi connectivity index (χ4v) is 1.23. The van der Waals surface area contributed by atoms with E-state index in [1.54, 1.807) is 38.6 Å². The molecule has 0 atom stereocenters. The monoisotopic (exact) mass is 219 g/mol. The van der Waals surface area contributed by atoms with E-state index < -0.39 is 0 Å². The molecule has 1 radical (unpaired) electrons. The maximum atomic E-state index is 5.45. The first-order valence-corrected chi connectivity index (χ1v) is 4.64. The van der Waals surface area contributed by atoms with E-state index in [-0.39, 0.29) is 0 Å². The van der Waals surface area contributed by atoms with Crippen LogP contribution >= 0.6 is 0 Å². The quantitative estimate of drug-likeness (QED) is 0.782. The Morgan fingerprint density at radius 1 is 1.19 bits per heavy atom. The van der Waals surface area contributed by atoms with E-state index in [1.165, 1.54) is 11.0 Å². The van der Waals surface area contributed by atoms with Gasteiger partial charge in [-0.15, -0.1) is 5.10 Å². The maximum absolute atomic E-state index is 5.45. The van der Waals surface area contributed by atoms with Crippen LogP contribution < -0.4 is 14.3 Å². The number of nitrogens with zero attached hydrogens (tertiary/aromatic N) is 2. The first kappa shape index (κ1) is 10.4. The fourth-order valence-electron chi connectivity index (χ4n) is 1.23. The minimum Gasteiger partial charge on any atom is -0.497 e. The third-order valence-electron chi connectivity index (χ3n) is 1.99. The Hall–Kier alpha value is -2.17. The molecule has 0 aliphatic carbocycles. The van der Waals surface area contributed by atoms with Crippen molar-refractivity contribution in [3.8, 4) is 17.2 Å². The third kappa shape index (κ3) is 2.08. The van der Waals surface area contributed by atoms with Crippen LogP contribution in [0, 0.1) is 6.07 Å². The molecule has 16 heavy (non-hydrogen) atoms. The molecule has 0 spiro atoms. The SMILES string of the molecule is COc1ccc(OC)c(On2c[c]cn2)c1. The van der Waals surface area contributed by atoms with E-state index in [2.05, 4.69) is 11.2 Å². The summed E-state index contributed by atoms with van der Waals surface area (Å²) in [5, 5.41) is 3.88. The molecule has 2 rings (SSSR count). The van der Waals surface area contributed by atoms with E-state index in [0.717, 1.165) is 0 Å². The second-order valence-corrected chi connectivity index (χ2v) is 2.95. The zero-order valence-electron chi connectivity index (χ0n) is 9.01. The zero-order chi connectivity index (χ0) is 11.4. The van der Waals surface area contributed by atoms with Crippen LogP contribution in [-0.4, -0.2) is 24.2 Å². The van der Waals surface area contributed by atoms with Gasteiger partial charge < -0.3 is 14.3 Å². The first-order valence-electron chi connectivity index (χ1n) is 4.64. The number of aromatic nitrogens is 2. The second kappa shape index (κ2) is 4.57. The van der Waals surface area contributed by atoms with Crippen molar-refractivity contribution >= 4 is 0 Å². The number of benzene rings is 1. The first-order chi connectivity index (χ1) is 7.83. The molecule has 0 N–H and O–H groups in total. The maximum Gasteiger partial charge on any atom is 0.203 e. The summed E-state index contributed by atoms with van der Waals surface area (Å²) in [6.07, 6.45) is 3.07. The van der Waals surface area contributed by atoms with E-state index in [0.29, 0.717) is 17.2 Å². The standard InChI is InChI=1S/C11H11N2O3/c1-14-9-4-5-10(15-2)11(8-9)16-13-7-3-6-12-13/h4-8H,1-2H3. The van der Waals surface area contributed by atoms with Crippen molar-refractivity contribution in [1.82, 2.24) is 9.94 Å². The van der Waals surface area contributed by atoms with Crippen molar-refractivity contribution in [3.05, 3.63) is 36.7 Å². The van der Waals surface area contributed by atoms with E-state index >= 15 is 0 Å². The lowest BCUT2D eigenvalue weighted by Gasteiger charge is -2.10. The van der Waals surface area contributed by atoms with Gasteiger partial charge in [0, 0.05) is 12.1 Å². The van der Waals surface area contributed by atoms with Gasteiger partial charge >= 0.3 is 0 Å². The van der Waals surface area contributed by atoms with Gasteiger partial charge in [-0.1, -0.05) is 4.85 Å². The lowest BCUT2D eigenvalue weighted by atomic mass is 10.3. The summed E-state index contributed by atoms with van der Waals surface area (Å²) < 4.78 is 10.3. The largest absolute Gasteiger partial charge is 0.497 e. The average molecular weight is 219 g/mol. The fraction of sp³-hybridized carbons (Fsp3) is 0.182. The molecule has 1 aromatic carbocycles. The van der Waals surface area contributed by atoms with Crippen LogP contribution in [0.3, 0.4) is 0 Å². The van der Waals surface area contributed by atoms with Gasteiger partial charge in [-0.2, -0.15) is 0 Å². The van der Waals surface area contributed by atoms with Crippen molar-refractivity contribution in [3.63, 3.8) is 0 Å². The summed E-state index contributed by atoms with van der Waals surface area (Å²) in [5.41, 5.74) is 0. The summed E-state index contributed by atoms with van der Waals surface area (Å²) in [5.74, 6) is 1.82. The van der Waals surface area contributed by atoms with Crippen molar-refractivity contribution in [1.29, 1.82) is 0 Å². The smallest absolute Gasteiger partial charge is 0.203 e. The molecule has 0 aliphatic rings. The summed E-state index contributed by atoms with van der Waals surface area (Å²) in [7, 11) is 3.16. The molecule has 0 saturated heterocycles. The highest BCUT2D eigenvalue weighted by Crippen LogP contribution is 2.31. The molecule has 2 aromatic rings. The molecule has 1 aromatic heterocycles. The Labute approximate surface area is 93.1 Å². The molecule has 5 nitrogen and oxygen atoms in total. The molecular formula is C11H11N2O3. The minimum atomic E-state index is 0.527. The van der Waals surface area contributed by atoms with Gasteiger partial charge in [0.05, 0.1) is 26.6 Å². The molecule has 0 saturated carbocycles. The molecule has 0 unspecified atom stereocenters. The highest BCUT2D eigenvalue weighted by molar-refractivity contribution is 5.45. The molecular weight excluding hydrogens is 208 g/mol. The lowest BCUT2D eigenvalue weighted by Crippen LogP contribution is -2.06. The summed E-state index contributed by atoms with van der Waals surface area (Å²) in [6, 6.07) is 8.05. The van der Waals surface area contributed by atoms with Gasteiger partial charge in [0.15, 0.2) is 5.75 Å². The molecule has 0 amide bonds. The van der Waals surface area contributed by atoms with Gasteiger partial charge in [-0.25, -0.2) is 0 Å². The van der Waals surface area contributed by atoms with Crippen LogP contribution in [-0.2, 0) is 0 Å². The van der Waals surface area contributed by atoms with E-state index in [1.807, 2.05) is 0 Å². The molecule has 0 fully saturated rings. The molecule has 0 bridgehead atoms. The average Bonchev–Trinajstić information content (AvgIpc) is 2.82. The van der Waals surface area contributed by atoms with Gasteiger partial charge in [0.1, 0.15) is 5.75 Å². The number of methoxy groups -OCH3 is 2. The number of hydrogen-bond donors (Lipinski definition) is 0. The highest BCUT2D eigenvalue weighted by atomic mass is 16.7. The van der Waals surface area contributed by atoms with Crippen molar-refractivity contribution in [2.24, 2.45) is 0 Å². The second-order valence-electron chi connectivity index (χ2n) is 2.95. The normalized spacial score (nSPS) is 9.88. The molecule has 1 heterocycles. The van der Waals surface area contributed by atoms with E-state index in [4.69, 9.17) is 14.3 Å². The highest BCUT2D eigenvalue weighted by Gasteiger charge is 2.07. The van der Waals surface area contributed by atoms with Gasteiger partial charge in [0.2, 0.25) is 5.75 Å². The van der Waals surface area contributed by atoms with Crippen LogP contribution in [0.25, 0.3) is 0 Å². The van der Waals surface area contributed by atoms with Crippen LogP contribution in [0.2, 0.25) is 0 Å². The topological polar surface area (TPSA) is 45.5 Å². The van der Waals surface area contributed by atoms with Crippen LogP contribution in [0.4, 0.5) is 0 Å². The van der Waals surface area contributed by atoms with Crippen LogP contribution in [0.1, 0.15) is 0 Å². The molecule has 83 valence electrons. The van der Waals surface area contributed by atoms with Crippen LogP contribution in [0.15, 0.2) is 30.6 Å². The van der Waals surface area contributed by atoms with Gasteiger partial charge in [-0.05, 0) is 12.1 Å². The van der Waals surface area contributed by atoms with E-state index in [9.17, 15) is 0 Å². The molecule has 5 heteroatoms. The Morgan fingerprint density at radius 2 is 2.06 bits per heavy atom. The minimum absolute atomic E-state index is 0.527. The number of ether oxygens (including phenoxy) is 2. The predicted octanol–water partition coefficient (Wildman–Crippen LogP) is 1.54. The number of hydrogen-bond acceptors (Lipinski definition) is 4. The summed E-state index contributed by atoms with van der Waals surface area (Å²) in [4.78, 5) is 6.74. The Kier molecular flexibility index (Phi) is 2.95. The Morgan fingerprint density at radius 3 is 2.69 bits per heavy atom. The van der Waals surface area contributed by atoms with Crippen molar-refractivity contribution in [2.45, 2.75) is 0 Å². The van der Waals surface area contributed by atoms with Gasteiger partial charge in [0.25, 0.3) is 0 Å².